The van der Waals surface area contributed by atoms with E-state index in [0.717, 1.165) is 34.1 Å². The number of anilines is 2. The van der Waals surface area contributed by atoms with Gasteiger partial charge in [0.1, 0.15) is 18.1 Å². The number of carbonyl (C=O) groups excluding carboxylic acids is 1. The number of aromatic nitrogens is 2. The van der Waals surface area contributed by atoms with Crippen LogP contribution in [0.4, 0.5) is 15.2 Å². The molecule has 0 aliphatic rings. The van der Waals surface area contributed by atoms with Crippen LogP contribution in [-0.2, 0) is 20.6 Å². The van der Waals surface area contributed by atoms with E-state index in [1.54, 1.807) is 24.3 Å². The molecule has 4 aromatic rings. The summed E-state index contributed by atoms with van der Waals surface area (Å²) in [6.07, 6.45) is 0. The van der Waals surface area contributed by atoms with Crippen molar-refractivity contribution in [2.24, 2.45) is 0 Å². The number of halogens is 1. The molecule has 0 aliphatic heterocycles. The highest BCUT2D eigenvalue weighted by Crippen LogP contribution is 2.29. The number of ether oxygens (including phenoxy) is 1. The molecule has 1 amide bonds. The molecule has 192 valence electrons. The molecule has 0 saturated carbocycles. The Morgan fingerprint density at radius 3 is 2.41 bits per heavy atom. The normalized spacial score (nSPS) is 11.2. The molecule has 0 fully saturated rings. The zero-order valence-corrected chi connectivity index (χ0v) is 22.2. The van der Waals surface area contributed by atoms with E-state index in [4.69, 9.17) is 4.74 Å². The van der Waals surface area contributed by atoms with Crippen LogP contribution in [-0.4, -0.2) is 37.7 Å². The number of amides is 1. The summed E-state index contributed by atoms with van der Waals surface area (Å²) in [6.45, 7) is 1.76. The highest BCUT2D eigenvalue weighted by atomic mass is 32.2. The molecule has 0 unspecified atom stereocenters. The smallest absolute Gasteiger partial charge is 0.264 e. The molecule has 1 N–H and O–H groups in total. The third-order valence-corrected chi connectivity index (χ3v) is 8.81. The number of nitrogens with one attached hydrogen (secondary N) is 1. The van der Waals surface area contributed by atoms with Crippen LogP contribution in [0.25, 0.3) is 0 Å². The Morgan fingerprint density at radius 1 is 1.03 bits per heavy atom. The number of rotatable bonds is 11. The first-order valence-corrected chi connectivity index (χ1v) is 14.4. The van der Waals surface area contributed by atoms with E-state index in [1.807, 2.05) is 37.3 Å². The van der Waals surface area contributed by atoms with Crippen molar-refractivity contribution in [2.75, 3.05) is 22.8 Å². The maximum Gasteiger partial charge on any atom is 0.264 e. The van der Waals surface area contributed by atoms with E-state index >= 15 is 0 Å². The molecule has 1 heterocycles. The monoisotopic (exact) mass is 558 g/mol. The Balaban J connectivity index is 1.50. The lowest BCUT2D eigenvalue weighted by Gasteiger charge is -2.24. The molecule has 0 spiro atoms. The maximum atomic E-state index is 13.4. The summed E-state index contributed by atoms with van der Waals surface area (Å²) in [6, 6.07) is 20.6. The molecule has 0 saturated heterocycles. The van der Waals surface area contributed by atoms with E-state index in [1.165, 1.54) is 23.1 Å². The van der Waals surface area contributed by atoms with Crippen molar-refractivity contribution in [1.82, 2.24) is 10.2 Å². The number of sulfonamides is 1. The Kier molecular flexibility index (Phi) is 8.74. The first-order valence-electron chi connectivity index (χ1n) is 11.2. The maximum absolute atomic E-state index is 13.4. The molecule has 8 nitrogen and oxygen atoms in total. The molecule has 12 heteroatoms. The van der Waals surface area contributed by atoms with E-state index in [9.17, 15) is 17.6 Å². The summed E-state index contributed by atoms with van der Waals surface area (Å²) in [5, 5.41) is 11.0. The van der Waals surface area contributed by atoms with Gasteiger partial charge in [0.2, 0.25) is 11.0 Å². The average Bonchev–Trinajstić information content (AvgIpc) is 3.35. The summed E-state index contributed by atoms with van der Waals surface area (Å²) in [5.41, 5.74) is 1.38. The van der Waals surface area contributed by atoms with Crippen molar-refractivity contribution < 1.29 is 22.3 Å². The third kappa shape index (κ3) is 7.06. The van der Waals surface area contributed by atoms with Crippen LogP contribution < -0.4 is 14.4 Å². The van der Waals surface area contributed by atoms with Gasteiger partial charge >= 0.3 is 0 Å². The molecule has 0 atom stereocenters. The number of thioether (sulfide) groups is 1. The third-order valence-electron chi connectivity index (χ3n) is 4.98. The summed E-state index contributed by atoms with van der Waals surface area (Å²) in [7, 11) is -4.19. The summed E-state index contributed by atoms with van der Waals surface area (Å²) in [4.78, 5) is 12.8. The topological polar surface area (TPSA) is 101 Å². The number of carbonyl (C=O) groups is 1. The van der Waals surface area contributed by atoms with Gasteiger partial charge in [0, 0.05) is 5.75 Å². The van der Waals surface area contributed by atoms with Crippen molar-refractivity contribution in [1.29, 1.82) is 0 Å². The largest absolute Gasteiger partial charge is 0.494 e. The Bertz CT molecular complexity index is 1430. The van der Waals surface area contributed by atoms with E-state index in [-0.39, 0.29) is 15.7 Å². The van der Waals surface area contributed by atoms with E-state index in [2.05, 4.69) is 15.5 Å². The lowest BCUT2D eigenvalue weighted by atomic mass is 10.2. The van der Waals surface area contributed by atoms with Crippen LogP contribution >= 0.6 is 23.1 Å². The fourth-order valence-corrected chi connectivity index (χ4v) is 6.40. The van der Waals surface area contributed by atoms with Crippen LogP contribution in [0.2, 0.25) is 0 Å². The van der Waals surface area contributed by atoms with Gasteiger partial charge in [-0.05, 0) is 61.0 Å². The van der Waals surface area contributed by atoms with Gasteiger partial charge in [0.15, 0.2) is 4.34 Å². The lowest BCUT2D eigenvalue weighted by molar-refractivity contribution is -0.114. The van der Waals surface area contributed by atoms with Gasteiger partial charge in [-0.2, -0.15) is 0 Å². The fourth-order valence-electron chi connectivity index (χ4n) is 3.25. The minimum atomic E-state index is -4.19. The quantitative estimate of drug-likeness (QED) is 0.199. The van der Waals surface area contributed by atoms with Crippen molar-refractivity contribution in [3.8, 4) is 5.75 Å². The van der Waals surface area contributed by atoms with E-state index < -0.39 is 28.3 Å². The molecule has 1 aromatic heterocycles. The molecule has 3 aromatic carbocycles. The molecule has 4 rings (SSSR count). The summed E-state index contributed by atoms with van der Waals surface area (Å²) in [5.74, 6) is 0.0891. The van der Waals surface area contributed by atoms with Gasteiger partial charge in [-0.3, -0.25) is 14.4 Å². The van der Waals surface area contributed by atoms with Crippen LogP contribution in [0.1, 0.15) is 12.5 Å². The van der Waals surface area contributed by atoms with Gasteiger partial charge in [-0.15, -0.1) is 10.2 Å². The Morgan fingerprint density at radius 2 is 1.73 bits per heavy atom. The highest BCUT2D eigenvalue weighted by molar-refractivity contribution is 8.00. The fraction of sp³-hybridized carbons (Fsp3) is 0.160. The zero-order chi connectivity index (χ0) is 26.3. The molecular weight excluding hydrogens is 535 g/mol. The number of nitrogens with zero attached hydrogens (tertiary/aromatic N) is 3. The van der Waals surface area contributed by atoms with Crippen LogP contribution in [0.3, 0.4) is 0 Å². The van der Waals surface area contributed by atoms with E-state index in [0.29, 0.717) is 22.4 Å². The SMILES string of the molecule is CCOc1ccc(N(CC(=O)Nc2nnc(SCc3ccccc3)s2)S(=O)(=O)c2ccc(F)cc2)cc1. The van der Waals surface area contributed by atoms with Gasteiger partial charge in [0.05, 0.1) is 17.2 Å². The van der Waals surface area contributed by atoms with Gasteiger partial charge < -0.3 is 4.74 Å². The lowest BCUT2D eigenvalue weighted by Crippen LogP contribution is -2.38. The van der Waals surface area contributed by atoms with Crippen LogP contribution in [0.5, 0.6) is 5.75 Å². The van der Waals surface area contributed by atoms with Gasteiger partial charge in [-0.1, -0.05) is 53.4 Å². The summed E-state index contributed by atoms with van der Waals surface area (Å²) >= 11 is 2.68. The number of benzene rings is 3. The van der Waals surface area contributed by atoms with Crippen molar-refractivity contribution in [2.45, 2.75) is 21.9 Å². The standard InChI is InChI=1S/C25H23FN4O4S3/c1-2-34-21-12-10-20(11-13-21)30(37(32,33)22-14-8-19(26)9-15-22)16-23(31)27-24-28-29-25(36-24)35-17-18-6-4-3-5-7-18/h3-15H,2,16-17H2,1H3,(H,27,28,31). The van der Waals surface area contributed by atoms with Gasteiger partial charge in [0.25, 0.3) is 10.0 Å². The predicted molar refractivity (Wildman–Crippen MR) is 143 cm³/mol. The predicted octanol–water partition coefficient (Wildman–Crippen LogP) is 5.20. The first-order chi connectivity index (χ1) is 17.8. The van der Waals surface area contributed by atoms with Crippen LogP contribution in [0, 0.1) is 5.82 Å². The number of hydrogen-bond donors (Lipinski definition) is 1. The Labute approximate surface area is 222 Å². The summed E-state index contributed by atoms with van der Waals surface area (Å²) < 4.78 is 47.3. The second-order valence-electron chi connectivity index (χ2n) is 7.59. The van der Waals surface area contributed by atoms with Gasteiger partial charge in [-0.25, -0.2) is 12.8 Å². The molecule has 0 bridgehead atoms. The molecular formula is C25H23FN4O4S3. The Hall–Kier alpha value is -3.48. The van der Waals surface area contributed by atoms with Crippen molar-refractivity contribution >= 4 is 49.8 Å². The zero-order valence-electron chi connectivity index (χ0n) is 19.7. The molecule has 0 radical (unpaired) electrons. The number of hydrogen-bond acceptors (Lipinski definition) is 8. The molecule has 0 aliphatic carbocycles. The molecule has 37 heavy (non-hydrogen) atoms. The second-order valence-corrected chi connectivity index (χ2v) is 11.7. The average molecular weight is 559 g/mol. The van der Waals surface area contributed by atoms with Crippen molar-refractivity contribution in [3.63, 3.8) is 0 Å². The minimum Gasteiger partial charge on any atom is -0.494 e. The first kappa shape index (κ1) is 26.6. The second kappa shape index (κ2) is 12.2. The van der Waals surface area contributed by atoms with Crippen molar-refractivity contribution in [3.05, 3.63) is 90.2 Å². The minimum absolute atomic E-state index is 0.147. The van der Waals surface area contributed by atoms with Crippen LogP contribution in [0.15, 0.2) is 88.1 Å². The highest BCUT2D eigenvalue weighted by Gasteiger charge is 2.28.